The first kappa shape index (κ1) is 9.48. The minimum atomic E-state index is -0.133. The first-order valence-electron chi connectivity index (χ1n) is 3.82. The van der Waals surface area contributed by atoms with E-state index in [2.05, 4.69) is 10.3 Å². The summed E-state index contributed by atoms with van der Waals surface area (Å²) in [5.41, 5.74) is -0.133. The highest BCUT2D eigenvalue weighted by Crippen LogP contribution is 2.13. The van der Waals surface area contributed by atoms with E-state index in [1.54, 1.807) is 24.6 Å². The monoisotopic (exact) mass is 186 g/mol. The molecular weight excluding hydrogens is 172 g/mol. The van der Waals surface area contributed by atoms with Crippen LogP contribution in [0, 0.1) is 0 Å². The van der Waals surface area contributed by atoms with Crippen molar-refractivity contribution in [2.75, 3.05) is 19.0 Å². The van der Waals surface area contributed by atoms with Crippen molar-refractivity contribution < 1.29 is 4.74 Å². The van der Waals surface area contributed by atoms with E-state index < -0.39 is 0 Å². The van der Waals surface area contributed by atoms with Crippen LogP contribution in [0.25, 0.3) is 0 Å². The molecule has 0 bridgehead atoms. The van der Waals surface area contributed by atoms with Crippen molar-refractivity contribution in [1.29, 1.82) is 0 Å². The lowest BCUT2D eigenvalue weighted by Crippen LogP contribution is -2.31. The van der Waals surface area contributed by atoms with Crippen molar-refractivity contribution in [1.82, 2.24) is 4.98 Å². The Balaban J connectivity index is 2.36. The number of nitrogens with zero attached hydrogens (tertiary/aromatic N) is 1. The van der Waals surface area contributed by atoms with Gasteiger partial charge in [0.2, 0.25) is 0 Å². The Morgan fingerprint density at radius 2 is 2.42 bits per heavy atom. The topological polar surface area (TPSA) is 34.1 Å². The molecule has 1 aromatic heterocycles. The van der Waals surface area contributed by atoms with Crippen LogP contribution in [0.3, 0.4) is 0 Å². The van der Waals surface area contributed by atoms with E-state index in [1.165, 1.54) is 0 Å². The van der Waals surface area contributed by atoms with Crippen molar-refractivity contribution in [2.45, 2.75) is 19.4 Å². The van der Waals surface area contributed by atoms with Gasteiger partial charge in [0.15, 0.2) is 5.13 Å². The molecule has 0 fully saturated rings. The van der Waals surface area contributed by atoms with Gasteiger partial charge in [-0.15, -0.1) is 11.3 Å². The van der Waals surface area contributed by atoms with Gasteiger partial charge in [-0.3, -0.25) is 0 Å². The van der Waals surface area contributed by atoms with Crippen LogP contribution >= 0.6 is 11.3 Å². The third-order valence-corrected chi connectivity index (χ3v) is 2.38. The molecule has 1 rings (SSSR count). The van der Waals surface area contributed by atoms with Gasteiger partial charge in [0.05, 0.1) is 5.60 Å². The average Bonchev–Trinajstić information content (AvgIpc) is 2.53. The number of aromatic nitrogens is 1. The molecule has 3 nitrogen and oxygen atoms in total. The van der Waals surface area contributed by atoms with Gasteiger partial charge in [-0.2, -0.15) is 0 Å². The number of anilines is 1. The molecule has 0 aliphatic rings. The van der Waals surface area contributed by atoms with Gasteiger partial charge >= 0.3 is 0 Å². The molecule has 1 N–H and O–H groups in total. The minimum absolute atomic E-state index is 0.133. The smallest absolute Gasteiger partial charge is 0.182 e. The van der Waals surface area contributed by atoms with Crippen LogP contribution in [0.4, 0.5) is 5.13 Å². The van der Waals surface area contributed by atoms with Crippen LogP contribution < -0.4 is 5.32 Å². The standard InChI is InChI=1S/C8H14N2OS/c1-8(2,11-3)6-10-7-9-4-5-12-7/h4-5H,6H2,1-3H3,(H,9,10). The van der Waals surface area contributed by atoms with E-state index >= 15 is 0 Å². The molecule has 1 heterocycles. The Morgan fingerprint density at radius 3 is 2.92 bits per heavy atom. The first-order valence-corrected chi connectivity index (χ1v) is 4.70. The molecule has 0 aromatic carbocycles. The Kier molecular flexibility index (Phi) is 3.05. The highest BCUT2D eigenvalue weighted by Gasteiger charge is 2.15. The molecule has 0 saturated carbocycles. The molecule has 0 amide bonds. The summed E-state index contributed by atoms with van der Waals surface area (Å²) in [6.45, 7) is 4.85. The number of rotatable bonds is 4. The van der Waals surface area contributed by atoms with Crippen LogP contribution in [-0.4, -0.2) is 24.2 Å². The number of methoxy groups -OCH3 is 1. The quantitative estimate of drug-likeness (QED) is 0.780. The third-order valence-electron chi connectivity index (χ3n) is 1.65. The van der Waals surface area contributed by atoms with Crippen molar-refractivity contribution in [2.24, 2.45) is 0 Å². The van der Waals surface area contributed by atoms with Gasteiger partial charge in [-0.1, -0.05) is 0 Å². The highest BCUT2D eigenvalue weighted by molar-refractivity contribution is 7.13. The number of hydrogen-bond acceptors (Lipinski definition) is 4. The molecular formula is C8H14N2OS. The zero-order chi connectivity index (χ0) is 9.03. The highest BCUT2D eigenvalue weighted by atomic mass is 32.1. The summed E-state index contributed by atoms with van der Waals surface area (Å²) < 4.78 is 5.25. The Hall–Kier alpha value is -0.610. The second kappa shape index (κ2) is 3.87. The molecule has 0 spiro atoms. The van der Waals surface area contributed by atoms with E-state index in [1.807, 2.05) is 19.2 Å². The Labute approximate surface area is 76.8 Å². The zero-order valence-electron chi connectivity index (χ0n) is 7.63. The predicted molar refractivity (Wildman–Crippen MR) is 51.7 cm³/mol. The van der Waals surface area contributed by atoms with Gasteiger partial charge in [0, 0.05) is 25.2 Å². The molecule has 1 aromatic rings. The first-order chi connectivity index (χ1) is 5.64. The molecule has 0 radical (unpaired) electrons. The van der Waals surface area contributed by atoms with Crippen molar-refractivity contribution in [3.8, 4) is 0 Å². The number of thiazole rings is 1. The van der Waals surface area contributed by atoms with E-state index in [0.717, 1.165) is 11.7 Å². The summed E-state index contributed by atoms with van der Waals surface area (Å²) >= 11 is 1.60. The largest absolute Gasteiger partial charge is 0.377 e. The molecule has 0 aliphatic heterocycles. The lowest BCUT2D eigenvalue weighted by molar-refractivity contribution is 0.0344. The maximum absolute atomic E-state index is 5.25. The van der Waals surface area contributed by atoms with Gasteiger partial charge in [-0.25, -0.2) is 4.98 Å². The fraction of sp³-hybridized carbons (Fsp3) is 0.625. The maximum Gasteiger partial charge on any atom is 0.182 e. The third kappa shape index (κ3) is 2.79. The summed E-state index contributed by atoms with van der Waals surface area (Å²) in [4.78, 5) is 4.11. The summed E-state index contributed by atoms with van der Waals surface area (Å²) in [6.07, 6.45) is 1.78. The SMILES string of the molecule is COC(C)(C)CNc1nccs1. The van der Waals surface area contributed by atoms with Crippen LogP contribution in [0.1, 0.15) is 13.8 Å². The van der Waals surface area contributed by atoms with Gasteiger partial charge in [-0.05, 0) is 13.8 Å². The zero-order valence-corrected chi connectivity index (χ0v) is 8.44. The number of ether oxygens (including phenoxy) is 1. The Morgan fingerprint density at radius 1 is 1.67 bits per heavy atom. The van der Waals surface area contributed by atoms with E-state index in [-0.39, 0.29) is 5.60 Å². The molecule has 0 saturated heterocycles. The van der Waals surface area contributed by atoms with Crippen molar-refractivity contribution in [3.63, 3.8) is 0 Å². The summed E-state index contributed by atoms with van der Waals surface area (Å²) in [5.74, 6) is 0. The van der Waals surface area contributed by atoms with E-state index in [9.17, 15) is 0 Å². The van der Waals surface area contributed by atoms with Gasteiger partial charge < -0.3 is 10.1 Å². The maximum atomic E-state index is 5.25. The normalized spacial score (nSPS) is 11.6. The van der Waals surface area contributed by atoms with Crippen LogP contribution in [-0.2, 0) is 4.74 Å². The molecule has 12 heavy (non-hydrogen) atoms. The van der Waals surface area contributed by atoms with Gasteiger partial charge in [0.1, 0.15) is 0 Å². The number of hydrogen-bond donors (Lipinski definition) is 1. The molecule has 0 unspecified atom stereocenters. The Bertz CT molecular complexity index is 221. The second-order valence-electron chi connectivity index (χ2n) is 3.15. The molecule has 0 atom stereocenters. The second-order valence-corrected chi connectivity index (χ2v) is 4.05. The summed E-state index contributed by atoms with van der Waals surface area (Å²) in [7, 11) is 1.71. The summed E-state index contributed by atoms with van der Waals surface area (Å²) in [5, 5.41) is 6.09. The van der Waals surface area contributed by atoms with Crippen LogP contribution in [0.15, 0.2) is 11.6 Å². The predicted octanol–water partition coefficient (Wildman–Crippen LogP) is 1.98. The molecule has 68 valence electrons. The van der Waals surface area contributed by atoms with Crippen molar-refractivity contribution in [3.05, 3.63) is 11.6 Å². The molecule has 0 aliphatic carbocycles. The van der Waals surface area contributed by atoms with Gasteiger partial charge in [0.25, 0.3) is 0 Å². The van der Waals surface area contributed by atoms with Crippen molar-refractivity contribution >= 4 is 16.5 Å². The fourth-order valence-electron chi connectivity index (χ4n) is 0.671. The lowest BCUT2D eigenvalue weighted by Gasteiger charge is -2.22. The van der Waals surface area contributed by atoms with E-state index in [0.29, 0.717) is 0 Å². The lowest BCUT2D eigenvalue weighted by atomic mass is 10.1. The molecule has 4 heteroatoms. The minimum Gasteiger partial charge on any atom is -0.377 e. The number of nitrogens with one attached hydrogen (secondary N) is 1. The average molecular weight is 186 g/mol. The van der Waals surface area contributed by atoms with Crippen LogP contribution in [0.2, 0.25) is 0 Å². The fourth-order valence-corrected chi connectivity index (χ4v) is 1.20. The summed E-state index contributed by atoms with van der Waals surface area (Å²) in [6, 6.07) is 0. The van der Waals surface area contributed by atoms with Crippen LogP contribution in [0.5, 0.6) is 0 Å². The van der Waals surface area contributed by atoms with E-state index in [4.69, 9.17) is 4.74 Å².